The van der Waals surface area contributed by atoms with Crippen molar-refractivity contribution in [2.75, 3.05) is 5.32 Å². The van der Waals surface area contributed by atoms with Crippen LogP contribution in [0.3, 0.4) is 0 Å². The van der Waals surface area contributed by atoms with Crippen LogP contribution in [0.2, 0.25) is 0 Å². The van der Waals surface area contributed by atoms with Crippen molar-refractivity contribution in [2.45, 2.75) is 20.4 Å². The van der Waals surface area contributed by atoms with Gasteiger partial charge in [-0.05, 0) is 41.4 Å². The summed E-state index contributed by atoms with van der Waals surface area (Å²) in [6.07, 6.45) is 3.82. The number of hydrogen-bond donors (Lipinski definition) is 1. The van der Waals surface area contributed by atoms with Gasteiger partial charge in [0.05, 0.1) is 5.69 Å². The van der Waals surface area contributed by atoms with E-state index in [0.29, 0.717) is 0 Å². The Balaban J connectivity index is 2.10. The second kappa shape index (κ2) is 4.87. The fourth-order valence-corrected chi connectivity index (χ4v) is 2.17. The minimum atomic E-state index is 0.745. The van der Waals surface area contributed by atoms with E-state index in [1.54, 1.807) is 6.20 Å². The van der Waals surface area contributed by atoms with Crippen molar-refractivity contribution in [2.24, 2.45) is 7.05 Å². The SMILES string of the molecule is Cc1cc(Br)cnc1NCc1cn(C)nc1C. The first-order valence-electron chi connectivity index (χ1n) is 5.41. The molecule has 0 aromatic carbocycles. The molecule has 0 atom stereocenters. The Hall–Kier alpha value is -1.36. The second-order valence-electron chi connectivity index (χ2n) is 4.09. The number of halogens is 1. The van der Waals surface area contributed by atoms with Gasteiger partial charge in [-0.15, -0.1) is 0 Å². The van der Waals surface area contributed by atoms with E-state index in [1.807, 2.05) is 37.8 Å². The van der Waals surface area contributed by atoms with Gasteiger partial charge in [-0.2, -0.15) is 5.10 Å². The summed E-state index contributed by atoms with van der Waals surface area (Å²) in [5, 5.41) is 7.63. The molecule has 5 heteroatoms. The van der Waals surface area contributed by atoms with Crippen LogP contribution in [0, 0.1) is 13.8 Å². The molecule has 0 spiro atoms. The van der Waals surface area contributed by atoms with Gasteiger partial charge in [0.25, 0.3) is 0 Å². The number of anilines is 1. The van der Waals surface area contributed by atoms with Crippen molar-refractivity contribution in [1.82, 2.24) is 14.8 Å². The third kappa shape index (κ3) is 2.85. The Kier molecular flexibility index (Phi) is 3.47. The summed E-state index contributed by atoms with van der Waals surface area (Å²) in [6, 6.07) is 2.05. The minimum absolute atomic E-state index is 0.745. The van der Waals surface area contributed by atoms with Crippen LogP contribution in [-0.4, -0.2) is 14.8 Å². The lowest BCUT2D eigenvalue weighted by Gasteiger charge is -2.07. The van der Waals surface area contributed by atoms with Gasteiger partial charge in [-0.25, -0.2) is 4.98 Å². The second-order valence-corrected chi connectivity index (χ2v) is 5.00. The zero-order chi connectivity index (χ0) is 12.4. The Morgan fingerprint density at radius 1 is 1.41 bits per heavy atom. The average Bonchev–Trinajstić information content (AvgIpc) is 2.56. The Morgan fingerprint density at radius 3 is 2.76 bits per heavy atom. The highest BCUT2D eigenvalue weighted by molar-refractivity contribution is 9.10. The number of nitrogens with one attached hydrogen (secondary N) is 1. The molecule has 2 aromatic rings. The molecule has 0 unspecified atom stereocenters. The summed E-state index contributed by atoms with van der Waals surface area (Å²) in [5.41, 5.74) is 3.37. The van der Waals surface area contributed by atoms with E-state index >= 15 is 0 Å². The van der Waals surface area contributed by atoms with E-state index in [9.17, 15) is 0 Å². The maximum absolute atomic E-state index is 4.34. The van der Waals surface area contributed by atoms with Crippen LogP contribution in [0.1, 0.15) is 16.8 Å². The molecule has 0 saturated heterocycles. The smallest absolute Gasteiger partial charge is 0.129 e. The summed E-state index contributed by atoms with van der Waals surface area (Å²) in [4.78, 5) is 4.34. The molecule has 90 valence electrons. The third-order valence-corrected chi connectivity index (χ3v) is 3.04. The van der Waals surface area contributed by atoms with Gasteiger partial charge in [0, 0.05) is 36.0 Å². The number of aromatic nitrogens is 3. The lowest BCUT2D eigenvalue weighted by molar-refractivity contribution is 0.756. The molecule has 0 saturated carbocycles. The van der Waals surface area contributed by atoms with E-state index in [2.05, 4.69) is 31.3 Å². The Bertz CT molecular complexity index is 533. The van der Waals surface area contributed by atoms with Crippen LogP contribution < -0.4 is 5.32 Å². The van der Waals surface area contributed by atoms with E-state index in [0.717, 1.165) is 28.1 Å². The van der Waals surface area contributed by atoms with Gasteiger partial charge in [-0.3, -0.25) is 4.68 Å². The topological polar surface area (TPSA) is 42.7 Å². The molecular formula is C12H15BrN4. The van der Waals surface area contributed by atoms with Crippen molar-refractivity contribution in [3.8, 4) is 0 Å². The fraction of sp³-hybridized carbons (Fsp3) is 0.333. The zero-order valence-corrected chi connectivity index (χ0v) is 11.7. The molecule has 0 radical (unpaired) electrons. The first-order valence-corrected chi connectivity index (χ1v) is 6.20. The maximum atomic E-state index is 4.34. The van der Waals surface area contributed by atoms with Crippen molar-refractivity contribution in [1.29, 1.82) is 0 Å². The van der Waals surface area contributed by atoms with Gasteiger partial charge >= 0.3 is 0 Å². The molecule has 0 amide bonds. The lowest BCUT2D eigenvalue weighted by atomic mass is 10.2. The number of rotatable bonds is 3. The molecule has 0 bridgehead atoms. The van der Waals surface area contributed by atoms with E-state index in [-0.39, 0.29) is 0 Å². The van der Waals surface area contributed by atoms with Gasteiger partial charge in [0.2, 0.25) is 0 Å². The van der Waals surface area contributed by atoms with E-state index < -0.39 is 0 Å². The van der Waals surface area contributed by atoms with Crippen LogP contribution in [0.25, 0.3) is 0 Å². The monoisotopic (exact) mass is 294 g/mol. The number of aryl methyl sites for hydroxylation is 3. The van der Waals surface area contributed by atoms with Gasteiger partial charge < -0.3 is 5.32 Å². The van der Waals surface area contributed by atoms with E-state index in [1.165, 1.54) is 5.56 Å². The van der Waals surface area contributed by atoms with Gasteiger partial charge in [0.1, 0.15) is 5.82 Å². The van der Waals surface area contributed by atoms with Gasteiger partial charge in [-0.1, -0.05) is 0 Å². The number of pyridine rings is 1. The molecule has 2 rings (SSSR count). The maximum Gasteiger partial charge on any atom is 0.129 e. The number of nitrogens with zero attached hydrogens (tertiary/aromatic N) is 3. The number of hydrogen-bond acceptors (Lipinski definition) is 3. The van der Waals surface area contributed by atoms with E-state index in [4.69, 9.17) is 0 Å². The Labute approximate surface area is 109 Å². The standard InChI is InChI=1S/C12H15BrN4/c1-8-4-11(13)6-15-12(8)14-5-10-7-17(3)16-9(10)2/h4,6-7H,5H2,1-3H3,(H,14,15). The molecule has 0 aliphatic carbocycles. The fourth-order valence-electron chi connectivity index (χ4n) is 1.73. The predicted molar refractivity (Wildman–Crippen MR) is 71.9 cm³/mol. The Morgan fingerprint density at radius 2 is 2.18 bits per heavy atom. The predicted octanol–water partition coefficient (Wildman–Crippen LogP) is 2.81. The first kappa shape index (κ1) is 12.1. The van der Waals surface area contributed by atoms with Crippen molar-refractivity contribution >= 4 is 21.7 Å². The summed E-state index contributed by atoms with van der Waals surface area (Å²) < 4.78 is 2.83. The molecule has 17 heavy (non-hydrogen) atoms. The van der Waals surface area contributed by atoms with Gasteiger partial charge in [0.15, 0.2) is 0 Å². The zero-order valence-electron chi connectivity index (χ0n) is 10.2. The molecule has 0 fully saturated rings. The molecule has 0 aliphatic rings. The van der Waals surface area contributed by atoms with Crippen molar-refractivity contribution < 1.29 is 0 Å². The van der Waals surface area contributed by atoms with Crippen molar-refractivity contribution in [3.05, 3.63) is 39.8 Å². The van der Waals surface area contributed by atoms with Crippen LogP contribution in [0.5, 0.6) is 0 Å². The highest BCUT2D eigenvalue weighted by atomic mass is 79.9. The summed E-state index contributed by atoms with van der Waals surface area (Å²) in [7, 11) is 1.93. The quantitative estimate of drug-likeness (QED) is 0.947. The summed E-state index contributed by atoms with van der Waals surface area (Å²) in [6.45, 7) is 4.80. The van der Waals surface area contributed by atoms with Crippen LogP contribution in [0.15, 0.2) is 22.9 Å². The first-order chi connectivity index (χ1) is 8.06. The largest absolute Gasteiger partial charge is 0.366 e. The van der Waals surface area contributed by atoms with Crippen molar-refractivity contribution in [3.63, 3.8) is 0 Å². The van der Waals surface area contributed by atoms with Crippen LogP contribution >= 0.6 is 15.9 Å². The minimum Gasteiger partial charge on any atom is -0.366 e. The molecule has 2 heterocycles. The highest BCUT2D eigenvalue weighted by Crippen LogP contribution is 2.17. The molecule has 4 nitrogen and oxygen atoms in total. The highest BCUT2D eigenvalue weighted by Gasteiger charge is 2.04. The molecule has 1 N–H and O–H groups in total. The lowest BCUT2D eigenvalue weighted by Crippen LogP contribution is -2.03. The van der Waals surface area contributed by atoms with Crippen LogP contribution in [0.4, 0.5) is 5.82 Å². The normalized spacial score (nSPS) is 10.6. The molecule has 2 aromatic heterocycles. The molecular weight excluding hydrogens is 280 g/mol. The third-order valence-electron chi connectivity index (χ3n) is 2.61. The van der Waals surface area contributed by atoms with Crippen LogP contribution in [-0.2, 0) is 13.6 Å². The summed E-state index contributed by atoms with van der Waals surface area (Å²) >= 11 is 3.40. The molecule has 0 aliphatic heterocycles. The summed E-state index contributed by atoms with van der Waals surface area (Å²) in [5.74, 6) is 0.913. The average molecular weight is 295 g/mol.